The molecule has 0 unspecified atom stereocenters. The first-order chi connectivity index (χ1) is 8.62. The van der Waals surface area contributed by atoms with Crippen molar-refractivity contribution in [3.8, 4) is 0 Å². The summed E-state index contributed by atoms with van der Waals surface area (Å²) in [5, 5.41) is 2.97. The van der Waals surface area contributed by atoms with Gasteiger partial charge < -0.3 is 5.32 Å². The maximum absolute atomic E-state index is 12.0. The summed E-state index contributed by atoms with van der Waals surface area (Å²) in [5.74, 6) is 0. The van der Waals surface area contributed by atoms with Gasteiger partial charge in [-0.2, -0.15) is 0 Å². The van der Waals surface area contributed by atoms with Crippen LogP contribution in [0.15, 0.2) is 59.5 Å². The quantitative estimate of drug-likeness (QED) is 0.890. The third-order valence-corrected chi connectivity index (χ3v) is 3.88. The molecular weight excluding hydrogens is 248 g/mol. The van der Waals surface area contributed by atoms with Crippen LogP contribution in [0.4, 0.5) is 11.4 Å². The van der Waals surface area contributed by atoms with E-state index in [2.05, 4.69) is 10.0 Å². The zero-order valence-corrected chi connectivity index (χ0v) is 10.7. The molecule has 0 spiro atoms. The molecule has 0 aliphatic carbocycles. The van der Waals surface area contributed by atoms with Gasteiger partial charge in [-0.05, 0) is 36.4 Å². The molecule has 2 aromatic carbocycles. The summed E-state index contributed by atoms with van der Waals surface area (Å²) < 4.78 is 26.6. The van der Waals surface area contributed by atoms with E-state index < -0.39 is 10.0 Å². The average molecular weight is 262 g/mol. The van der Waals surface area contributed by atoms with Crippen LogP contribution in [0.25, 0.3) is 0 Å². The van der Waals surface area contributed by atoms with E-state index in [9.17, 15) is 8.42 Å². The van der Waals surface area contributed by atoms with Gasteiger partial charge in [0.15, 0.2) is 0 Å². The normalized spacial score (nSPS) is 10.9. The Balaban J connectivity index is 2.22. The van der Waals surface area contributed by atoms with Crippen molar-refractivity contribution < 1.29 is 8.42 Å². The largest absolute Gasteiger partial charge is 0.388 e. The van der Waals surface area contributed by atoms with E-state index in [1.165, 1.54) is 0 Å². The molecule has 0 aromatic heterocycles. The fraction of sp³-hybridized carbons (Fsp3) is 0.0769. The fourth-order valence-corrected chi connectivity index (χ4v) is 2.60. The highest BCUT2D eigenvalue weighted by molar-refractivity contribution is 7.92. The minimum atomic E-state index is -3.50. The predicted molar refractivity (Wildman–Crippen MR) is 73.2 cm³/mol. The summed E-state index contributed by atoms with van der Waals surface area (Å²) >= 11 is 0. The fourth-order valence-electron chi connectivity index (χ4n) is 1.52. The van der Waals surface area contributed by atoms with E-state index in [1.54, 1.807) is 42.5 Å². The SMILES string of the molecule is CNc1ccc(NS(=O)(=O)c2ccccc2)cc1. The van der Waals surface area contributed by atoms with Crippen LogP contribution in [0.3, 0.4) is 0 Å². The highest BCUT2D eigenvalue weighted by Gasteiger charge is 2.12. The Labute approximate surface area is 107 Å². The van der Waals surface area contributed by atoms with Gasteiger partial charge in [-0.25, -0.2) is 8.42 Å². The van der Waals surface area contributed by atoms with Crippen molar-refractivity contribution in [2.45, 2.75) is 4.90 Å². The zero-order chi connectivity index (χ0) is 13.0. The molecule has 5 heteroatoms. The van der Waals surface area contributed by atoms with Crippen molar-refractivity contribution in [1.82, 2.24) is 0 Å². The molecule has 0 aliphatic heterocycles. The second kappa shape index (κ2) is 5.10. The zero-order valence-electron chi connectivity index (χ0n) is 9.92. The second-order valence-electron chi connectivity index (χ2n) is 3.75. The standard InChI is InChI=1S/C13H14N2O2S/c1-14-11-7-9-12(10-8-11)15-18(16,17)13-5-3-2-4-6-13/h2-10,14-15H,1H3. The Hall–Kier alpha value is -2.01. The molecule has 18 heavy (non-hydrogen) atoms. The van der Waals surface area contributed by atoms with Gasteiger partial charge in [0.1, 0.15) is 0 Å². The predicted octanol–water partition coefficient (Wildman–Crippen LogP) is 2.53. The third-order valence-electron chi connectivity index (χ3n) is 2.48. The average Bonchev–Trinajstić information content (AvgIpc) is 2.40. The number of benzene rings is 2. The van der Waals surface area contributed by atoms with E-state index in [4.69, 9.17) is 0 Å². The van der Waals surface area contributed by atoms with Crippen molar-refractivity contribution in [3.05, 3.63) is 54.6 Å². The number of rotatable bonds is 4. The second-order valence-corrected chi connectivity index (χ2v) is 5.43. The van der Waals surface area contributed by atoms with Crippen LogP contribution in [-0.2, 0) is 10.0 Å². The van der Waals surface area contributed by atoms with Crippen LogP contribution < -0.4 is 10.0 Å². The molecule has 0 aliphatic rings. The van der Waals surface area contributed by atoms with E-state index in [1.807, 2.05) is 19.2 Å². The molecule has 0 heterocycles. The molecule has 0 saturated heterocycles. The molecule has 0 saturated carbocycles. The first-order valence-corrected chi connectivity index (χ1v) is 6.96. The molecule has 0 atom stereocenters. The van der Waals surface area contributed by atoms with E-state index in [0.29, 0.717) is 5.69 Å². The molecule has 2 rings (SSSR count). The molecule has 2 N–H and O–H groups in total. The molecule has 4 nitrogen and oxygen atoms in total. The maximum atomic E-state index is 12.0. The van der Waals surface area contributed by atoms with Crippen molar-refractivity contribution in [3.63, 3.8) is 0 Å². The molecule has 0 amide bonds. The molecule has 94 valence electrons. The lowest BCUT2D eigenvalue weighted by atomic mass is 10.3. The topological polar surface area (TPSA) is 58.2 Å². The first kappa shape index (κ1) is 12.4. The Bertz CT molecular complexity index is 607. The van der Waals surface area contributed by atoms with Crippen molar-refractivity contribution in [1.29, 1.82) is 0 Å². The number of hydrogen-bond donors (Lipinski definition) is 2. The van der Waals surface area contributed by atoms with Crippen molar-refractivity contribution >= 4 is 21.4 Å². The number of anilines is 2. The number of sulfonamides is 1. The van der Waals surface area contributed by atoms with Gasteiger partial charge in [-0.3, -0.25) is 4.72 Å². The van der Waals surface area contributed by atoms with E-state index >= 15 is 0 Å². The lowest BCUT2D eigenvalue weighted by molar-refractivity contribution is 0.601. The summed E-state index contributed by atoms with van der Waals surface area (Å²) in [6.45, 7) is 0. The van der Waals surface area contributed by atoms with Gasteiger partial charge in [0.2, 0.25) is 0 Å². The van der Waals surface area contributed by atoms with Gasteiger partial charge in [0, 0.05) is 18.4 Å². The van der Waals surface area contributed by atoms with Crippen LogP contribution in [0.1, 0.15) is 0 Å². The minimum absolute atomic E-state index is 0.252. The van der Waals surface area contributed by atoms with Crippen LogP contribution in [0, 0.1) is 0 Å². The Morgan fingerprint density at radius 2 is 1.39 bits per heavy atom. The summed E-state index contributed by atoms with van der Waals surface area (Å²) in [5.41, 5.74) is 1.47. The summed E-state index contributed by atoms with van der Waals surface area (Å²) in [6.07, 6.45) is 0. The summed E-state index contributed by atoms with van der Waals surface area (Å²) in [6, 6.07) is 15.3. The van der Waals surface area contributed by atoms with Gasteiger partial charge in [-0.15, -0.1) is 0 Å². The first-order valence-electron chi connectivity index (χ1n) is 5.47. The molecule has 2 aromatic rings. The van der Waals surface area contributed by atoms with Crippen LogP contribution >= 0.6 is 0 Å². The Morgan fingerprint density at radius 1 is 0.833 bits per heavy atom. The summed E-state index contributed by atoms with van der Waals surface area (Å²) in [7, 11) is -1.69. The molecule has 0 fully saturated rings. The molecule has 0 bridgehead atoms. The Kier molecular flexibility index (Phi) is 3.53. The lowest BCUT2D eigenvalue weighted by Crippen LogP contribution is -2.12. The highest BCUT2D eigenvalue weighted by Crippen LogP contribution is 2.17. The van der Waals surface area contributed by atoms with E-state index in [0.717, 1.165) is 5.69 Å². The maximum Gasteiger partial charge on any atom is 0.261 e. The van der Waals surface area contributed by atoms with Crippen molar-refractivity contribution in [2.75, 3.05) is 17.1 Å². The van der Waals surface area contributed by atoms with Gasteiger partial charge in [0.25, 0.3) is 10.0 Å². The third kappa shape index (κ3) is 2.81. The van der Waals surface area contributed by atoms with Crippen LogP contribution in [-0.4, -0.2) is 15.5 Å². The van der Waals surface area contributed by atoms with E-state index in [-0.39, 0.29) is 4.90 Å². The van der Waals surface area contributed by atoms with Crippen LogP contribution in [0.5, 0.6) is 0 Å². The number of nitrogens with one attached hydrogen (secondary N) is 2. The van der Waals surface area contributed by atoms with Gasteiger partial charge >= 0.3 is 0 Å². The molecular formula is C13H14N2O2S. The highest BCUT2D eigenvalue weighted by atomic mass is 32.2. The minimum Gasteiger partial charge on any atom is -0.388 e. The monoisotopic (exact) mass is 262 g/mol. The van der Waals surface area contributed by atoms with Crippen molar-refractivity contribution in [2.24, 2.45) is 0 Å². The Morgan fingerprint density at radius 3 is 1.94 bits per heavy atom. The smallest absolute Gasteiger partial charge is 0.261 e. The lowest BCUT2D eigenvalue weighted by Gasteiger charge is -2.08. The number of hydrogen-bond acceptors (Lipinski definition) is 3. The molecule has 0 radical (unpaired) electrons. The van der Waals surface area contributed by atoms with Gasteiger partial charge in [-0.1, -0.05) is 18.2 Å². The van der Waals surface area contributed by atoms with Crippen LogP contribution in [0.2, 0.25) is 0 Å². The van der Waals surface area contributed by atoms with Gasteiger partial charge in [0.05, 0.1) is 4.90 Å². The summed E-state index contributed by atoms with van der Waals surface area (Å²) in [4.78, 5) is 0.252.